The van der Waals surface area contributed by atoms with Crippen LogP contribution < -0.4 is 5.32 Å². The largest absolute Gasteiger partial charge is 0.390 e. The number of fused-ring (bicyclic) bond motifs is 1. The van der Waals surface area contributed by atoms with E-state index in [2.05, 4.69) is 29.1 Å². The van der Waals surface area contributed by atoms with Crippen molar-refractivity contribution in [1.82, 2.24) is 15.3 Å². The Balaban J connectivity index is 1.95. The minimum absolute atomic E-state index is 0.0145. The molecule has 0 bridgehead atoms. The van der Waals surface area contributed by atoms with E-state index in [4.69, 9.17) is 11.6 Å². The highest BCUT2D eigenvalue weighted by Gasteiger charge is 2.39. The van der Waals surface area contributed by atoms with Crippen LogP contribution in [0.5, 0.6) is 0 Å². The lowest BCUT2D eigenvalue weighted by molar-refractivity contribution is -0.0367. The van der Waals surface area contributed by atoms with Gasteiger partial charge in [-0.2, -0.15) is 0 Å². The molecule has 1 fully saturated rings. The number of pyridine rings is 2. The molecule has 3 rings (SSSR count). The molecule has 1 saturated carbocycles. The van der Waals surface area contributed by atoms with Crippen molar-refractivity contribution in [1.29, 1.82) is 0 Å². The SMILES string of the molecule is CC(C)c1cnc(C(=O)NC2CC(C)(O)C2)c2cnc(Cl)cc12. The summed E-state index contributed by atoms with van der Waals surface area (Å²) in [6.07, 6.45) is 4.45. The number of hydrogen-bond acceptors (Lipinski definition) is 4. The normalized spacial score (nSPS) is 23.8. The number of halogens is 1. The summed E-state index contributed by atoms with van der Waals surface area (Å²) in [7, 11) is 0. The summed E-state index contributed by atoms with van der Waals surface area (Å²) in [5, 5.41) is 14.7. The molecule has 1 aliphatic rings. The van der Waals surface area contributed by atoms with E-state index >= 15 is 0 Å². The van der Waals surface area contributed by atoms with E-state index in [1.165, 1.54) is 0 Å². The van der Waals surface area contributed by atoms with Crippen molar-refractivity contribution < 1.29 is 9.90 Å². The van der Waals surface area contributed by atoms with Crippen molar-refractivity contribution in [2.24, 2.45) is 0 Å². The number of nitrogens with zero attached hydrogens (tertiary/aromatic N) is 2. The smallest absolute Gasteiger partial charge is 0.270 e. The third-order valence-corrected chi connectivity index (χ3v) is 4.52. The van der Waals surface area contributed by atoms with Crippen molar-refractivity contribution in [3.8, 4) is 0 Å². The molecule has 23 heavy (non-hydrogen) atoms. The first-order chi connectivity index (χ1) is 10.8. The summed E-state index contributed by atoms with van der Waals surface area (Å²) in [6, 6.07) is 1.76. The zero-order valence-electron chi connectivity index (χ0n) is 13.4. The Morgan fingerprint density at radius 3 is 2.65 bits per heavy atom. The second-order valence-electron chi connectivity index (χ2n) is 6.85. The molecule has 5 nitrogen and oxygen atoms in total. The molecule has 0 spiro atoms. The second kappa shape index (κ2) is 5.73. The lowest BCUT2D eigenvalue weighted by Gasteiger charge is -2.41. The van der Waals surface area contributed by atoms with Crippen molar-refractivity contribution in [2.45, 2.75) is 51.2 Å². The van der Waals surface area contributed by atoms with Crippen LogP contribution in [0.2, 0.25) is 5.15 Å². The average molecular weight is 334 g/mol. The van der Waals surface area contributed by atoms with Crippen LogP contribution in [0.4, 0.5) is 0 Å². The molecule has 2 aromatic heterocycles. The van der Waals surface area contributed by atoms with Crippen LogP contribution in [0.1, 0.15) is 55.6 Å². The third-order valence-electron chi connectivity index (χ3n) is 4.31. The average Bonchev–Trinajstić information content (AvgIpc) is 2.43. The molecule has 6 heteroatoms. The van der Waals surface area contributed by atoms with Gasteiger partial charge in [0.05, 0.1) is 5.60 Å². The zero-order valence-corrected chi connectivity index (χ0v) is 14.2. The Kier molecular flexibility index (Phi) is 4.02. The van der Waals surface area contributed by atoms with Crippen molar-refractivity contribution in [3.63, 3.8) is 0 Å². The summed E-state index contributed by atoms with van der Waals surface area (Å²) in [6.45, 7) is 5.91. The molecule has 0 atom stereocenters. The molecule has 0 saturated heterocycles. The summed E-state index contributed by atoms with van der Waals surface area (Å²) < 4.78 is 0. The molecule has 2 N–H and O–H groups in total. The van der Waals surface area contributed by atoms with Gasteiger partial charge in [-0.05, 0) is 42.7 Å². The topological polar surface area (TPSA) is 75.1 Å². The number of carbonyl (C=O) groups excluding carboxylic acids is 1. The number of rotatable bonds is 3. The third kappa shape index (κ3) is 3.16. The molecular formula is C17H20ClN3O2. The Morgan fingerprint density at radius 1 is 1.35 bits per heavy atom. The summed E-state index contributed by atoms with van der Waals surface area (Å²) >= 11 is 6.01. The van der Waals surface area contributed by atoms with Gasteiger partial charge < -0.3 is 10.4 Å². The molecule has 122 valence electrons. The van der Waals surface area contributed by atoms with Gasteiger partial charge in [0, 0.05) is 23.8 Å². The van der Waals surface area contributed by atoms with Gasteiger partial charge >= 0.3 is 0 Å². The highest BCUT2D eigenvalue weighted by molar-refractivity contribution is 6.30. The maximum atomic E-state index is 12.5. The number of carbonyl (C=O) groups is 1. The summed E-state index contributed by atoms with van der Waals surface area (Å²) in [5.74, 6) is 0.0252. The highest BCUT2D eigenvalue weighted by atomic mass is 35.5. The van der Waals surface area contributed by atoms with Crippen LogP contribution in [0.25, 0.3) is 10.8 Å². The van der Waals surface area contributed by atoms with Gasteiger partial charge in [0.25, 0.3) is 5.91 Å². The first-order valence-corrected chi connectivity index (χ1v) is 8.12. The van der Waals surface area contributed by atoms with E-state index in [1.807, 2.05) is 0 Å². The first-order valence-electron chi connectivity index (χ1n) is 7.74. The minimum Gasteiger partial charge on any atom is -0.390 e. The van der Waals surface area contributed by atoms with E-state index in [0.717, 1.165) is 10.9 Å². The number of nitrogens with one attached hydrogen (secondary N) is 1. The van der Waals surface area contributed by atoms with Gasteiger partial charge in [-0.25, -0.2) is 4.98 Å². The van der Waals surface area contributed by atoms with E-state index in [1.54, 1.807) is 25.4 Å². The van der Waals surface area contributed by atoms with Crippen LogP contribution in [0.3, 0.4) is 0 Å². The van der Waals surface area contributed by atoms with Gasteiger partial charge in [-0.3, -0.25) is 9.78 Å². The molecule has 2 aromatic rings. The molecule has 1 amide bonds. The second-order valence-corrected chi connectivity index (χ2v) is 7.23. The standard InChI is InChI=1S/C17H20ClN3O2/c1-9(2)12-7-20-15(13-8-19-14(18)4-11(12)13)16(22)21-10-5-17(3,23)6-10/h4,7-10,23H,5-6H2,1-3H3,(H,21,22). The fraction of sp³-hybridized carbons (Fsp3) is 0.471. The number of hydrogen-bond donors (Lipinski definition) is 2. The maximum absolute atomic E-state index is 12.5. The zero-order chi connectivity index (χ0) is 16.8. The quantitative estimate of drug-likeness (QED) is 0.846. The van der Waals surface area contributed by atoms with Crippen molar-refractivity contribution in [3.05, 3.63) is 34.9 Å². The van der Waals surface area contributed by atoms with E-state index in [0.29, 0.717) is 29.1 Å². The van der Waals surface area contributed by atoms with Gasteiger partial charge in [0.2, 0.25) is 0 Å². The maximum Gasteiger partial charge on any atom is 0.270 e. The fourth-order valence-corrected chi connectivity index (χ4v) is 3.29. The molecule has 0 unspecified atom stereocenters. The fourth-order valence-electron chi connectivity index (χ4n) is 3.13. The molecule has 1 aliphatic carbocycles. The number of amides is 1. The first kappa shape index (κ1) is 16.1. The predicted molar refractivity (Wildman–Crippen MR) is 89.7 cm³/mol. The van der Waals surface area contributed by atoms with E-state index in [9.17, 15) is 9.90 Å². The van der Waals surface area contributed by atoms with Crippen LogP contribution in [0, 0.1) is 0 Å². The Morgan fingerprint density at radius 2 is 2.04 bits per heavy atom. The Bertz CT molecular complexity index is 766. The van der Waals surface area contributed by atoms with E-state index in [-0.39, 0.29) is 17.9 Å². The number of aromatic nitrogens is 2. The lowest BCUT2D eigenvalue weighted by atomic mass is 9.77. The highest BCUT2D eigenvalue weighted by Crippen LogP contribution is 2.32. The van der Waals surface area contributed by atoms with Crippen molar-refractivity contribution in [2.75, 3.05) is 0 Å². The van der Waals surface area contributed by atoms with Crippen LogP contribution >= 0.6 is 11.6 Å². The van der Waals surface area contributed by atoms with Crippen molar-refractivity contribution >= 4 is 28.3 Å². The molecule has 0 aliphatic heterocycles. The van der Waals surface area contributed by atoms with Crippen LogP contribution in [-0.2, 0) is 0 Å². The molecule has 0 radical (unpaired) electrons. The molecular weight excluding hydrogens is 314 g/mol. The molecule has 0 aromatic carbocycles. The van der Waals surface area contributed by atoms with Gasteiger partial charge in [-0.1, -0.05) is 25.4 Å². The Labute approximate surface area is 140 Å². The minimum atomic E-state index is -0.677. The van der Waals surface area contributed by atoms with Gasteiger partial charge in [0.1, 0.15) is 10.8 Å². The summed E-state index contributed by atoms with van der Waals surface area (Å²) in [4.78, 5) is 21.0. The predicted octanol–water partition coefficient (Wildman–Crippen LogP) is 3.05. The van der Waals surface area contributed by atoms with Crippen LogP contribution in [0.15, 0.2) is 18.5 Å². The molecule has 2 heterocycles. The summed E-state index contributed by atoms with van der Waals surface area (Å²) in [5.41, 5.74) is 0.705. The number of aliphatic hydroxyl groups is 1. The Hall–Kier alpha value is -1.72. The lowest BCUT2D eigenvalue weighted by Crippen LogP contribution is -2.53. The van der Waals surface area contributed by atoms with Gasteiger partial charge in [0.15, 0.2) is 0 Å². The van der Waals surface area contributed by atoms with E-state index < -0.39 is 5.60 Å². The monoisotopic (exact) mass is 333 g/mol. The van der Waals surface area contributed by atoms with Crippen LogP contribution in [-0.4, -0.2) is 32.6 Å². The van der Waals surface area contributed by atoms with Gasteiger partial charge in [-0.15, -0.1) is 0 Å².